The van der Waals surface area contributed by atoms with E-state index >= 15 is 0 Å². The minimum absolute atomic E-state index is 0.149. The summed E-state index contributed by atoms with van der Waals surface area (Å²) in [6.45, 7) is 3.13. The Morgan fingerprint density at radius 2 is 1.95 bits per heavy atom. The Balaban J connectivity index is 2.52. The second kappa shape index (κ2) is 5.60. The number of halogens is 1. The molecule has 2 nitrogen and oxygen atoms in total. The van der Waals surface area contributed by atoms with Gasteiger partial charge in [0.25, 0.3) is 0 Å². The lowest BCUT2D eigenvalue weighted by Crippen LogP contribution is -2.08. The molecule has 0 bridgehead atoms. The summed E-state index contributed by atoms with van der Waals surface area (Å²) in [6, 6.07) is 11.3. The molecule has 0 saturated heterocycles. The normalized spacial score (nSPS) is 12.6. The molecule has 0 spiro atoms. The van der Waals surface area contributed by atoms with Gasteiger partial charge in [0.1, 0.15) is 17.2 Å². The van der Waals surface area contributed by atoms with Crippen molar-refractivity contribution in [2.45, 2.75) is 13.8 Å². The van der Waals surface area contributed by atoms with Crippen LogP contribution in [0.4, 0.5) is 4.39 Å². The van der Waals surface area contributed by atoms with Crippen molar-refractivity contribution in [1.29, 1.82) is 0 Å². The van der Waals surface area contributed by atoms with Gasteiger partial charge >= 0.3 is 0 Å². The van der Waals surface area contributed by atoms with Gasteiger partial charge in [0, 0.05) is 6.08 Å². The van der Waals surface area contributed by atoms with Crippen molar-refractivity contribution >= 4 is 33.9 Å². The highest BCUT2D eigenvalue weighted by atomic mass is 19.1. The molecule has 0 N–H and O–H groups in total. The fourth-order valence-corrected chi connectivity index (χ4v) is 2.60. The van der Waals surface area contributed by atoms with Crippen LogP contribution in [-0.2, 0) is 0 Å². The minimum atomic E-state index is -0.408. The Morgan fingerprint density at radius 3 is 2.68 bits per heavy atom. The molecule has 3 aromatic rings. The lowest BCUT2D eigenvalue weighted by Gasteiger charge is -2.07. The van der Waals surface area contributed by atoms with E-state index in [4.69, 9.17) is 4.42 Å². The fourth-order valence-electron chi connectivity index (χ4n) is 2.60. The Morgan fingerprint density at radius 1 is 1.18 bits per heavy atom. The molecule has 1 heterocycles. The maximum atomic E-state index is 13.3. The molecule has 22 heavy (non-hydrogen) atoms. The van der Waals surface area contributed by atoms with Crippen molar-refractivity contribution in [3.05, 3.63) is 69.8 Å². The predicted octanol–water partition coefficient (Wildman–Crippen LogP) is 5.31. The van der Waals surface area contributed by atoms with E-state index in [1.165, 1.54) is 13.0 Å². The average Bonchev–Trinajstić information content (AvgIpc) is 2.50. The number of hydrogen-bond donors (Lipinski definition) is 0. The first-order chi connectivity index (χ1) is 10.6. The number of fused-ring (bicyclic) bond motifs is 3. The lowest BCUT2D eigenvalue weighted by atomic mass is 10.0. The molecule has 0 fully saturated rings. The number of allylic oxidation sites excluding steroid dienone is 2. The Kier molecular flexibility index (Phi) is 3.63. The van der Waals surface area contributed by atoms with Crippen LogP contribution < -0.4 is 5.43 Å². The first kappa shape index (κ1) is 14.3. The van der Waals surface area contributed by atoms with E-state index in [-0.39, 0.29) is 11.2 Å². The average molecular weight is 294 g/mol. The van der Waals surface area contributed by atoms with Gasteiger partial charge in [-0.15, -0.1) is 0 Å². The van der Waals surface area contributed by atoms with Crippen molar-refractivity contribution in [3.63, 3.8) is 0 Å². The topological polar surface area (TPSA) is 30.2 Å². The van der Waals surface area contributed by atoms with Crippen LogP contribution in [-0.4, -0.2) is 0 Å². The summed E-state index contributed by atoms with van der Waals surface area (Å²) < 4.78 is 19.0. The van der Waals surface area contributed by atoms with Gasteiger partial charge in [-0.1, -0.05) is 42.5 Å². The van der Waals surface area contributed by atoms with E-state index in [1.54, 1.807) is 18.2 Å². The van der Waals surface area contributed by atoms with Gasteiger partial charge in [0.05, 0.1) is 10.9 Å². The first-order valence-electron chi connectivity index (χ1n) is 7.07. The smallest absolute Gasteiger partial charge is 0.201 e. The van der Waals surface area contributed by atoms with E-state index in [9.17, 15) is 9.18 Å². The fraction of sp³-hybridized carbons (Fsp3) is 0.105. The van der Waals surface area contributed by atoms with Gasteiger partial charge in [-0.25, -0.2) is 4.39 Å². The van der Waals surface area contributed by atoms with E-state index in [0.29, 0.717) is 16.5 Å². The van der Waals surface area contributed by atoms with E-state index < -0.39 is 5.83 Å². The van der Waals surface area contributed by atoms with Gasteiger partial charge in [0.2, 0.25) is 5.43 Å². The summed E-state index contributed by atoms with van der Waals surface area (Å²) in [5, 5.41) is 2.34. The van der Waals surface area contributed by atoms with Crippen molar-refractivity contribution in [3.8, 4) is 0 Å². The summed E-state index contributed by atoms with van der Waals surface area (Å²) >= 11 is 0. The number of rotatable bonds is 2. The summed E-state index contributed by atoms with van der Waals surface area (Å²) in [5.74, 6) is -0.167. The van der Waals surface area contributed by atoms with Gasteiger partial charge in [-0.05, 0) is 30.7 Å². The summed E-state index contributed by atoms with van der Waals surface area (Å²) in [6.07, 6.45) is 4.64. The van der Waals surface area contributed by atoms with Crippen molar-refractivity contribution < 1.29 is 8.81 Å². The van der Waals surface area contributed by atoms with Crippen molar-refractivity contribution in [1.82, 2.24) is 0 Å². The monoisotopic (exact) mass is 294 g/mol. The largest absolute Gasteiger partial charge is 0.456 e. The van der Waals surface area contributed by atoms with Crippen LogP contribution >= 0.6 is 0 Å². The molecular weight excluding hydrogens is 279 g/mol. The summed E-state index contributed by atoms with van der Waals surface area (Å²) in [4.78, 5) is 12.9. The molecule has 0 aliphatic heterocycles. The molecule has 3 rings (SSSR count). The summed E-state index contributed by atoms with van der Waals surface area (Å²) in [7, 11) is 0. The van der Waals surface area contributed by atoms with Crippen LogP contribution in [0.25, 0.3) is 33.9 Å². The molecule has 0 saturated carbocycles. The van der Waals surface area contributed by atoms with Crippen molar-refractivity contribution in [2.24, 2.45) is 0 Å². The van der Waals surface area contributed by atoms with Gasteiger partial charge in [-0.3, -0.25) is 4.79 Å². The maximum Gasteiger partial charge on any atom is 0.201 e. The Labute approximate surface area is 127 Å². The maximum absolute atomic E-state index is 13.3. The Bertz CT molecular complexity index is 974. The standard InChI is InChI=1S/C19H15FO2/c1-3-6-15-17(11-12(2)20)22-16-10-9-13-7-4-5-8-14(13)18(16)19(15)21/h3-11H,1-2H3/b6-3-,12-11+. The van der Waals surface area contributed by atoms with Crippen LogP contribution in [0.3, 0.4) is 0 Å². The third-order valence-electron chi connectivity index (χ3n) is 3.51. The Hall–Kier alpha value is -2.68. The second-order valence-corrected chi connectivity index (χ2v) is 5.10. The summed E-state index contributed by atoms with van der Waals surface area (Å²) in [5.41, 5.74) is 0.677. The molecule has 0 atom stereocenters. The van der Waals surface area contributed by atoms with E-state index in [0.717, 1.165) is 10.8 Å². The number of benzene rings is 2. The molecule has 0 amide bonds. The van der Waals surface area contributed by atoms with Crippen LogP contribution in [0.2, 0.25) is 0 Å². The molecule has 0 unspecified atom stereocenters. The second-order valence-electron chi connectivity index (χ2n) is 5.10. The van der Waals surface area contributed by atoms with Crippen molar-refractivity contribution in [2.75, 3.05) is 0 Å². The van der Waals surface area contributed by atoms with Gasteiger partial charge in [-0.2, -0.15) is 0 Å². The van der Waals surface area contributed by atoms with Gasteiger partial charge < -0.3 is 4.42 Å². The first-order valence-corrected chi connectivity index (χ1v) is 7.07. The molecule has 110 valence electrons. The highest BCUT2D eigenvalue weighted by Crippen LogP contribution is 2.26. The highest BCUT2D eigenvalue weighted by molar-refractivity contribution is 6.06. The molecule has 2 aromatic carbocycles. The van der Waals surface area contributed by atoms with Crippen LogP contribution in [0.5, 0.6) is 0 Å². The zero-order valence-electron chi connectivity index (χ0n) is 12.4. The highest BCUT2D eigenvalue weighted by Gasteiger charge is 2.13. The number of hydrogen-bond acceptors (Lipinski definition) is 2. The lowest BCUT2D eigenvalue weighted by molar-refractivity contribution is 0.582. The van der Waals surface area contributed by atoms with E-state index in [1.807, 2.05) is 37.3 Å². The SMILES string of the molecule is C/C=C\c1c(/C=C(\C)F)oc2ccc3ccccc3c2c1=O. The zero-order valence-corrected chi connectivity index (χ0v) is 12.4. The third-order valence-corrected chi connectivity index (χ3v) is 3.51. The predicted molar refractivity (Wildman–Crippen MR) is 89.5 cm³/mol. The van der Waals surface area contributed by atoms with Crippen LogP contribution in [0.15, 0.2) is 57.5 Å². The zero-order chi connectivity index (χ0) is 15.7. The third kappa shape index (κ3) is 2.35. The molecule has 0 aliphatic carbocycles. The molecular formula is C19H15FO2. The molecule has 1 aromatic heterocycles. The van der Waals surface area contributed by atoms with E-state index in [2.05, 4.69) is 0 Å². The molecule has 0 aliphatic rings. The van der Waals surface area contributed by atoms with Crippen LogP contribution in [0.1, 0.15) is 25.2 Å². The van der Waals surface area contributed by atoms with Gasteiger partial charge in [0.15, 0.2) is 0 Å². The quantitative estimate of drug-likeness (QED) is 0.599. The minimum Gasteiger partial charge on any atom is -0.456 e. The van der Waals surface area contributed by atoms with Crippen LogP contribution in [0, 0.1) is 0 Å². The molecule has 0 radical (unpaired) electrons. The molecule has 3 heteroatoms.